The zero-order chi connectivity index (χ0) is 9.31. The molecule has 13 heavy (non-hydrogen) atoms. The molecule has 0 atom stereocenters. The van der Waals surface area contributed by atoms with E-state index in [0.29, 0.717) is 5.15 Å². The Morgan fingerprint density at radius 1 is 1.46 bits per heavy atom. The Morgan fingerprint density at radius 3 is 2.69 bits per heavy atom. The molecular formula is C10H12ClNO. The average Bonchev–Trinajstić information content (AvgIpc) is 2.90. The lowest BCUT2D eigenvalue weighted by Crippen LogP contribution is -2.10. The van der Waals surface area contributed by atoms with Crippen LogP contribution in [0.5, 0.6) is 0 Å². The molecule has 1 aliphatic rings. The number of hydrogen-bond acceptors (Lipinski definition) is 2. The van der Waals surface area contributed by atoms with Gasteiger partial charge in [-0.3, -0.25) is 0 Å². The van der Waals surface area contributed by atoms with Crippen LogP contribution in [-0.2, 0) is 6.42 Å². The van der Waals surface area contributed by atoms with Crippen LogP contribution in [0.2, 0.25) is 5.15 Å². The highest BCUT2D eigenvalue weighted by molar-refractivity contribution is 6.29. The average molecular weight is 198 g/mol. The Kier molecular flexibility index (Phi) is 2.26. The Bertz CT molecular complexity index is 292. The van der Waals surface area contributed by atoms with E-state index in [0.717, 1.165) is 24.8 Å². The summed E-state index contributed by atoms with van der Waals surface area (Å²) in [5.41, 5.74) is 1.33. The van der Waals surface area contributed by atoms with E-state index in [2.05, 4.69) is 4.98 Å². The number of aliphatic hydroxyl groups excluding tert-OH is 1. The topological polar surface area (TPSA) is 33.1 Å². The van der Waals surface area contributed by atoms with Gasteiger partial charge < -0.3 is 5.11 Å². The number of rotatable bonds is 3. The van der Waals surface area contributed by atoms with Gasteiger partial charge in [0.05, 0.1) is 0 Å². The van der Waals surface area contributed by atoms with Gasteiger partial charge in [-0.15, -0.1) is 0 Å². The van der Waals surface area contributed by atoms with Gasteiger partial charge in [0, 0.05) is 12.8 Å². The van der Waals surface area contributed by atoms with E-state index in [1.807, 2.05) is 6.07 Å². The second kappa shape index (κ2) is 3.28. The third kappa shape index (κ3) is 2.01. The van der Waals surface area contributed by atoms with Crippen molar-refractivity contribution in [2.75, 3.05) is 6.61 Å². The molecule has 0 amide bonds. The van der Waals surface area contributed by atoms with Gasteiger partial charge in [0.2, 0.25) is 0 Å². The lowest BCUT2D eigenvalue weighted by atomic mass is 9.99. The van der Waals surface area contributed by atoms with Crippen LogP contribution >= 0.6 is 11.6 Å². The predicted molar refractivity (Wildman–Crippen MR) is 51.7 cm³/mol. The Balaban J connectivity index is 2.06. The Labute approximate surface area is 82.6 Å². The zero-order valence-electron chi connectivity index (χ0n) is 7.33. The van der Waals surface area contributed by atoms with E-state index in [1.54, 1.807) is 12.3 Å². The van der Waals surface area contributed by atoms with Crippen molar-refractivity contribution in [1.29, 1.82) is 0 Å². The number of pyridine rings is 1. The number of aromatic nitrogens is 1. The number of hydrogen-bond donors (Lipinski definition) is 1. The lowest BCUT2D eigenvalue weighted by Gasteiger charge is -2.10. The van der Waals surface area contributed by atoms with Crippen molar-refractivity contribution in [3.05, 3.63) is 29.0 Å². The van der Waals surface area contributed by atoms with Gasteiger partial charge in [0.1, 0.15) is 5.15 Å². The summed E-state index contributed by atoms with van der Waals surface area (Å²) in [4.78, 5) is 4.01. The predicted octanol–water partition coefficient (Wildman–Crippen LogP) is 2.05. The summed E-state index contributed by atoms with van der Waals surface area (Å²) < 4.78 is 0. The highest BCUT2D eigenvalue weighted by Crippen LogP contribution is 2.47. The van der Waals surface area contributed by atoms with Crippen LogP contribution in [0.15, 0.2) is 18.3 Å². The molecule has 1 aromatic heterocycles. The molecule has 3 heteroatoms. The minimum absolute atomic E-state index is 0.162. The second-order valence-electron chi connectivity index (χ2n) is 3.82. The van der Waals surface area contributed by atoms with Crippen molar-refractivity contribution in [1.82, 2.24) is 4.98 Å². The van der Waals surface area contributed by atoms with Gasteiger partial charge in [-0.05, 0) is 36.3 Å². The quantitative estimate of drug-likeness (QED) is 0.753. The molecule has 0 aliphatic heterocycles. The van der Waals surface area contributed by atoms with Crippen LogP contribution in [0.3, 0.4) is 0 Å². The van der Waals surface area contributed by atoms with Crippen molar-refractivity contribution in [3.63, 3.8) is 0 Å². The molecule has 1 aliphatic carbocycles. The highest BCUT2D eigenvalue weighted by Gasteiger charge is 2.41. The van der Waals surface area contributed by atoms with Gasteiger partial charge in [-0.25, -0.2) is 4.98 Å². The minimum atomic E-state index is 0.162. The van der Waals surface area contributed by atoms with E-state index < -0.39 is 0 Å². The molecule has 0 aromatic carbocycles. The molecule has 2 rings (SSSR count). The molecule has 1 saturated carbocycles. The Morgan fingerprint density at radius 2 is 2.23 bits per heavy atom. The van der Waals surface area contributed by atoms with Crippen molar-refractivity contribution < 1.29 is 5.11 Å². The first-order chi connectivity index (χ1) is 6.24. The number of aliphatic hydroxyl groups is 1. The first-order valence-electron chi connectivity index (χ1n) is 4.45. The summed E-state index contributed by atoms with van der Waals surface area (Å²) in [6.07, 6.45) is 4.98. The van der Waals surface area contributed by atoms with Gasteiger partial charge in [-0.1, -0.05) is 17.7 Å². The number of halogens is 1. The Hall–Kier alpha value is -0.600. The molecule has 0 radical (unpaired) electrons. The largest absolute Gasteiger partial charge is 0.396 e. The summed E-state index contributed by atoms with van der Waals surface area (Å²) in [6, 6.07) is 3.77. The van der Waals surface area contributed by atoms with Crippen LogP contribution in [0, 0.1) is 5.41 Å². The maximum absolute atomic E-state index is 9.13. The fraction of sp³-hybridized carbons (Fsp3) is 0.500. The molecule has 0 bridgehead atoms. The van der Waals surface area contributed by atoms with Crippen molar-refractivity contribution >= 4 is 11.6 Å². The number of nitrogens with zero attached hydrogens (tertiary/aromatic N) is 1. The summed E-state index contributed by atoms with van der Waals surface area (Å²) in [7, 11) is 0. The fourth-order valence-electron chi connectivity index (χ4n) is 1.51. The monoisotopic (exact) mass is 197 g/mol. The van der Waals surface area contributed by atoms with Crippen LogP contribution < -0.4 is 0 Å². The second-order valence-corrected chi connectivity index (χ2v) is 4.21. The molecule has 70 valence electrons. The van der Waals surface area contributed by atoms with Crippen LogP contribution in [0.1, 0.15) is 18.4 Å². The maximum Gasteiger partial charge on any atom is 0.129 e. The molecule has 0 spiro atoms. The van der Waals surface area contributed by atoms with Crippen molar-refractivity contribution in [3.8, 4) is 0 Å². The van der Waals surface area contributed by atoms with E-state index in [9.17, 15) is 0 Å². The maximum atomic E-state index is 9.13. The smallest absolute Gasteiger partial charge is 0.129 e. The summed E-state index contributed by atoms with van der Waals surface area (Å²) in [5.74, 6) is 0. The summed E-state index contributed by atoms with van der Waals surface area (Å²) in [5, 5.41) is 9.65. The molecule has 0 unspecified atom stereocenters. The van der Waals surface area contributed by atoms with Gasteiger partial charge in [-0.2, -0.15) is 0 Å². The van der Waals surface area contributed by atoms with E-state index in [4.69, 9.17) is 16.7 Å². The molecule has 1 N–H and O–H groups in total. The molecular weight excluding hydrogens is 186 g/mol. The first-order valence-corrected chi connectivity index (χ1v) is 4.83. The van der Waals surface area contributed by atoms with Gasteiger partial charge in [0.25, 0.3) is 0 Å². The molecule has 2 nitrogen and oxygen atoms in total. The van der Waals surface area contributed by atoms with E-state index in [-0.39, 0.29) is 12.0 Å². The molecule has 1 aromatic rings. The first kappa shape index (κ1) is 8.97. The SMILES string of the molecule is OCC1(Cc2ccc(Cl)nc2)CC1. The lowest BCUT2D eigenvalue weighted by molar-refractivity contribution is 0.211. The zero-order valence-corrected chi connectivity index (χ0v) is 8.09. The third-order valence-corrected chi connectivity index (χ3v) is 2.88. The van der Waals surface area contributed by atoms with Crippen molar-refractivity contribution in [2.24, 2.45) is 5.41 Å². The van der Waals surface area contributed by atoms with E-state index >= 15 is 0 Å². The summed E-state index contributed by atoms with van der Waals surface area (Å²) >= 11 is 5.67. The van der Waals surface area contributed by atoms with Crippen LogP contribution in [0.4, 0.5) is 0 Å². The standard InChI is InChI=1S/C10H12ClNO/c11-9-2-1-8(6-12-9)5-10(7-13)3-4-10/h1-2,6,13H,3-5,7H2. The van der Waals surface area contributed by atoms with Crippen molar-refractivity contribution in [2.45, 2.75) is 19.3 Å². The molecule has 1 fully saturated rings. The highest BCUT2D eigenvalue weighted by atomic mass is 35.5. The summed E-state index contributed by atoms with van der Waals surface area (Å²) in [6.45, 7) is 0.287. The van der Waals surface area contributed by atoms with E-state index in [1.165, 1.54) is 0 Å². The van der Waals surface area contributed by atoms with Gasteiger partial charge >= 0.3 is 0 Å². The normalized spacial score (nSPS) is 18.6. The third-order valence-electron chi connectivity index (χ3n) is 2.66. The minimum Gasteiger partial charge on any atom is -0.396 e. The van der Waals surface area contributed by atoms with Crippen LogP contribution in [0.25, 0.3) is 0 Å². The van der Waals surface area contributed by atoms with Gasteiger partial charge in [0.15, 0.2) is 0 Å². The molecule has 1 heterocycles. The molecule has 0 saturated heterocycles. The van der Waals surface area contributed by atoms with Crippen LogP contribution in [-0.4, -0.2) is 16.7 Å². The fourth-order valence-corrected chi connectivity index (χ4v) is 1.62.